The van der Waals surface area contributed by atoms with Gasteiger partial charge in [-0.3, -0.25) is 9.59 Å². The smallest absolute Gasteiger partial charge is 0.253 e. The van der Waals surface area contributed by atoms with Crippen molar-refractivity contribution in [3.05, 3.63) is 69.4 Å². The Labute approximate surface area is 151 Å². The first-order chi connectivity index (χ1) is 12.3. The fraction of sp³-hybridized carbons (Fsp3) is 0.300. The van der Waals surface area contributed by atoms with E-state index >= 15 is 0 Å². The highest BCUT2D eigenvalue weighted by atomic mass is 16.1. The summed E-state index contributed by atoms with van der Waals surface area (Å²) in [6, 6.07) is 9.08. The Kier molecular flexibility index (Phi) is 4.59. The second-order valence-electron chi connectivity index (χ2n) is 7.33. The van der Waals surface area contributed by atoms with Crippen LogP contribution in [0.5, 0.6) is 0 Å². The zero-order valence-electron chi connectivity index (χ0n) is 15.4. The summed E-state index contributed by atoms with van der Waals surface area (Å²) >= 11 is 0. The fourth-order valence-corrected chi connectivity index (χ4v) is 2.68. The minimum absolute atomic E-state index is 0.136. The largest absolute Gasteiger partial charge is 0.348 e. The predicted octanol–water partition coefficient (Wildman–Crippen LogP) is 2.85. The van der Waals surface area contributed by atoms with Crippen LogP contribution >= 0.6 is 0 Å². The first kappa shape index (κ1) is 17.8. The van der Waals surface area contributed by atoms with Crippen molar-refractivity contribution < 1.29 is 4.79 Å². The molecule has 0 unspecified atom stereocenters. The summed E-state index contributed by atoms with van der Waals surface area (Å²) < 4.78 is 0. The van der Waals surface area contributed by atoms with Gasteiger partial charge in [0.25, 0.3) is 11.5 Å². The van der Waals surface area contributed by atoms with E-state index in [-0.39, 0.29) is 23.4 Å². The minimum atomic E-state index is -0.264. The van der Waals surface area contributed by atoms with E-state index in [0.29, 0.717) is 22.5 Å². The van der Waals surface area contributed by atoms with Crippen molar-refractivity contribution in [1.29, 1.82) is 0 Å². The molecule has 0 saturated carbocycles. The number of aromatic amines is 1. The van der Waals surface area contributed by atoms with Gasteiger partial charge in [-0.1, -0.05) is 20.8 Å². The molecule has 0 aromatic carbocycles. The topological polar surface area (TPSA) is 87.7 Å². The highest BCUT2D eigenvalue weighted by Gasteiger charge is 2.16. The van der Waals surface area contributed by atoms with Gasteiger partial charge in [-0.2, -0.15) is 0 Å². The Morgan fingerprint density at radius 3 is 2.69 bits per heavy atom. The zero-order valence-corrected chi connectivity index (χ0v) is 15.4. The molecule has 134 valence electrons. The van der Waals surface area contributed by atoms with E-state index in [0.717, 1.165) is 11.1 Å². The fourth-order valence-electron chi connectivity index (χ4n) is 2.68. The maximum atomic E-state index is 12.5. The molecule has 3 heterocycles. The second-order valence-corrected chi connectivity index (χ2v) is 7.33. The van der Waals surface area contributed by atoms with Crippen molar-refractivity contribution in [3.63, 3.8) is 0 Å². The lowest BCUT2D eigenvalue weighted by Crippen LogP contribution is -2.29. The molecule has 6 heteroatoms. The molecular formula is C20H22N4O2. The van der Waals surface area contributed by atoms with E-state index in [1.165, 1.54) is 0 Å². The zero-order chi connectivity index (χ0) is 18.9. The van der Waals surface area contributed by atoms with Gasteiger partial charge in [-0.25, -0.2) is 9.97 Å². The Morgan fingerprint density at radius 1 is 1.23 bits per heavy atom. The first-order valence-corrected chi connectivity index (χ1v) is 8.49. The maximum absolute atomic E-state index is 12.5. The van der Waals surface area contributed by atoms with Crippen LogP contribution in [0, 0.1) is 6.92 Å². The van der Waals surface area contributed by atoms with Gasteiger partial charge < -0.3 is 10.3 Å². The van der Waals surface area contributed by atoms with E-state index in [1.54, 1.807) is 31.3 Å². The highest BCUT2D eigenvalue weighted by Crippen LogP contribution is 2.18. The summed E-state index contributed by atoms with van der Waals surface area (Å²) in [7, 11) is 0. The summed E-state index contributed by atoms with van der Waals surface area (Å²) in [6.07, 6.45) is 1.67. The van der Waals surface area contributed by atoms with Crippen LogP contribution in [0.25, 0.3) is 11.0 Å². The van der Waals surface area contributed by atoms with E-state index < -0.39 is 0 Å². The quantitative estimate of drug-likeness (QED) is 0.760. The normalized spacial score (nSPS) is 11.5. The van der Waals surface area contributed by atoms with Crippen molar-refractivity contribution in [2.24, 2.45) is 0 Å². The van der Waals surface area contributed by atoms with Crippen molar-refractivity contribution in [3.8, 4) is 0 Å². The molecule has 3 rings (SSSR count). The molecule has 0 fully saturated rings. The van der Waals surface area contributed by atoms with Crippen molar-refractivity contribution in [1.82, 2.24) is 20.3 Å². The van der Waals surface area contributed by atoms with Gasteiger partial charge in [0.2, 0.25) is 0 Å². The maximum Gasteiger partial charge on any atom is 0.253 e. The minimum Gasteiger partial charge on any atom is -0.348 e. The molecular weight excluding hydrogens is 328 g/mol. The van der Waals surface area contributed by atoms with Crippen LogP contribution in [0.1, 0.15) is 48.1 Å². The number of rotatable bonds is 3. The molecule has 0 spiro atoms. The molecule has 3 aromatic heterocycles. The summed E-state index contributed by atoms with van der Waals surface area (Å²) in [6.45, 7) is 8.02. The Hall–Kier alpha value is -3.02. The summed E-state index contributed by atoms with van der Waals surface area (Å²) in [5.41, 5.74) is 2.74. The summed E-state index contributed by atoms with van der Waals surface area (Å²) in [5.74, 6) is -0.264. The molecule has 6 nitrogen and oxygen atoms in total. The number of pyridine rings is 3. The van der Waals surface area contributed by atoms with Crippen LogP contribution in [0.3, 0.4) is 0 Å². The number of hydrogen-bond donors (Lipinski definition) is 2. The molecule has 1 amide bonds. The number of carbonyl (C=O) groups is 1. The Bertz CT molecular complexity index is 1030. The third-order valence-corrected chi connectivity index (χ3v) is 4.26. The first-order valence-electron chi connectivity index (χ1n) is 8.49. The monoisotopic (exact) mass is 350 g/mol. The lowest BCUT2D eigenvalue weighted by Gasteiger charge is -2.18. The number of carbonyl (C=O) groups excluding carboxylic acids is 1. The number of aryl methyl sites for hydroxylation is 1. The predicted molar refractivity (Wildman–Crippen MR) is 101 cm³/mol. The summed E-state index contributed by atoms with van der Waals surface area (Å²) in [4.78, 5) is 36.2. The van der Waals surface area contributed by atoms with Crippen LogP contribution in [-0.4, -0.2) is 20.9 Å². The van der Waals surface area contributed by atoms with E-state index in [2.05, 4.69) is 20.3 Å². The van der Waals surface area contributed by atoms with Gasteiger partial charge in [-0.15, -0.1) is 0 Å². The lowest BCUT2D eigenvalue weighted by molar-refractivity contribution is 0.0950. The van der Waals surface area contributed by atoms with Gasteiger partial charge in [0, 0.05) is 34.8 Å². The molecule has 26 heavy (non-hydrogen) atoms. The number of nitrogens with one attached hydrogen (secondary N) is 2. The molecule has 0 aliphatic heterocycles. The lowest BCUT2D eigenvalue weighted by atomic mass is 9.91. The molecule has 0 bridgehead atoms. The van der Waals surface area contributed by atoms with E-state index in [9.17, 15) is 9.59 Å². The van der Waals surface area contributed by atoms with Crippen LogP contribution in [0.4, 0.5) is 0 Å². The van der Waals surface area contributed by atoms with Crippen molar-refractivity contribution >= 4 is 16.9 Å². The number of amides is 1. The number of nitrogens with zero attached hydrogens (tertiary/aromatic N) is 2. The average molecular weight is 350 g/mol. The van der Waals surface area contributed by atoms with E-state index in [1.807, 2.05) is 32.9 Å². The van der Waals surface area contributed by atoms with Crippen LogP contribution in [-0.2, 0) is 12.0 Å². The van der Waals surface area contributed by atoms with Gasteiger partial charge in [0.15, 0.2) is 5.65 Å². The molecule has 3 aromatic rings. The number of hydrogen-bond acceptors (Lipinski definition) is 4. The Balaban J connectivity index is 1.79. The van der Waals surface area contributed by atoms with Gasteiger partial charge in [0.1, 0.15) is 0 Å². The number of aromatic nitrogens is 3. The SMILES string of the molecule is Cc1nc2ncccc2cc1C(=O)NCc1ccc(C(C)(C)C)[nH]c1=O. The third-order valence-electron chi connectivity index (χ3n) is 4.26. The Morgan fingerprint density at radius 2 is 2.00 bits per heavy atom. The van der Waals surface area contributed by atoms with Gasteiger partial charge in [-0.05, 0) is 37.3 Å². The van der Waals surface area contributed by atoms with Crippen molar-refractivity contribution in [2.45, 2.75) is 39.7 Å². The van der Waals surface area contributed by atoms with Crippen LogP contribution in [0.2, 0.25) is 0 Å². The molecule has 0 aliphatic rings. The molecule has 2 N–H and O–H groups in total. The molecule has 0 saturated heterocycles. The van der Waals surface area contributed by atoms with E-state index in [4.69, 9.17) is 0 Å². The van der Waals surface area contributed by atoms with Crippen molar-refractivity contribution in [2.75, 3.05) is 0 Å². The second kappa shape index (κ2) is 6.71. The number of H-pyrrole nitrogens is 1. The van der Waals surface area contributed by atoms with Gasteiger partial charge in [0.05, 0.1) is 11.3 Å². The van der Waals surface area contributed by atoms with Gasteiger partial charge >= 0.3 is 0 Å². The van der Waals surface area contributed by atoms with Crippen LogP contribution < -0.4 is 10.9 Å². The molecule has 0 atom stereocenters. The van der Waals surface area contributed by atoms with Crippen LogP contribution in [0.15, 0.2) is 41.3 Å². The highest BCUT2D eigenvalue weighted by molar-refractivity contribution is 5.98. The standard InChI is InChI=1S/C20H22N4O2/c1-12-15(10-13-6-5-9-21-17(13)23-12)19(26)22-11-14-7-8-16(20(2,3)4)24-18(14)25/h5-10H,11H2,1-4H3,(H,22,26)(H,24,25). The average Bonchev–Trinajstić information content (AvgIpc) is 2.59. The molecule has 0 radical (unpaired) electrons. The number of fused-ring (bicyclic) bond motifs is 1. The summed E-state index contributed by atoms with van der Waals surface area (Å²) in [5, 5.41) is 3.60. The third kappa shape index (κ3) is 3.64. The molecule has 0 aliphatic carbocycles.